The summed E-state index contributed by atoms with van der Waals surface area (Å²) < 4.78 is 0. The van der Waals surface area contributed by atoms with Gasteiger partial charge in [0.25, 0.3) is 0 Å². The summed E-state index contributed by atoms with van der Waals surface area (Å²) in [6, 6.07) is 8.00. The molecule has 1 rings (SSSR count). The van der Waals surface area contributed by atoms with Crippen LogP contribution in [0, 0.1) is 6.92 Å². The van der Waals surface area contributed by atoms with Gasteiger partial charge in [-0.2, -0.15) is 0 Å². The molecule has 0 aliphatic carbocycles. The zero-order chi connectivity index (χ0) is 8.97. The number of allylic oxidation sites excluding steroid dienone is 1. The monoisotopic (exact) mass is 160 g/mol. The van der Waals surface area contributed by atoms with Gasteiger partial charge >= 0.3 is 0 Å². The summed E-state index contributed by atoms with van der Waals surface area (Å²) in [5.74, 6) is 0. The van der Waals surface area contributed by atoms with Crippen molar-refractivity contribution in [1.82, 2.24) is 0 Å². The lowest BCUT2D eigenvalue weighted by atomic mass is 10.0. The molecule has 1 aromatic carbocycles. The van der Waals surface area contributed by atoms with Crippen LogP contribution in [0.15, 0.2) is 30.8 Å². The van der Waals surface area contributed by atoms with Crippen LogP contribution in [0.4, 0.5) is 0 Å². The number of carbonyl (C=O) groups excluding carboxylic acids is 1. The lowest BCUT2D eigenvalue weighted by Crippen LogP contribution is -1.84. The van der Waals surface area contributed by atoms with E-state index in [4.69, 9.17) is 0 Å². The van der Waals surface area contributed by atoms with Crippen molar-refractivity contribution in [1.29, 1.82) is 0 Å². The molecule has 0 radical (unpaired) electrons. The maximum Gasteiger partial charge on any atom is 0.124 e. The Balaban J connectivity index is 2.87. The number of benzene rings is 1. The van der Waals surface area contributed by atoms with Crippen LogP contribution >= 0.6 is 0 Å². The van der Waals surface area contributed by atoms with E-state index in [2.05, 4.69) is 6.58 Å². The van der Waals surface area contributed by atoms with E-state index < -0.39 is 0 Å². The molecule has 0 saturated carbocycles. The maximum absolute atomic E-state index is 10.2. The Morgan fingerprint density at radius 2 is 2.33 bits per heavy atom. The molecule has 0 unspecified atom stereocenters. The Hall–Kier alpha value is -1.37. The van der Waals surface area contributed by atoms with E-state index in [0.29, 0.717) is 6.42 Å². The number of aryl methyl sites for hydroxylation is 1. The van der Waals surface area contributed by atoms with Crippen molar-refractivity contribution in [2.24, 2.45) is 0 Å². The van der Waals surface area contributed by atoms with E-state index in [0.717, 1.165) is 17.4 Å². The molecule has 12 heavy (non-hydrogen) atoms. The van der Waals surface area contributed by atoms with Crippen LogP contribution in [-0.4, -0.2) is 6.29 Å². The summed E-state index contributed by atoms with van der Waals surface area (Å²) in [5, 5.41) is 0. The normalized spacial score (nSPS) is 9.42. The molecule has 1 heteroatoms. The van der Waals surface area contributed by atoms with Crippen molar-refractivity contribution in [3.05, 3.63) is 42.0 Å². The van der Waals surface area contributed by atoms with Gasteiger partial charge in [0.15, 0.2) is 0 Å². The number of aldehydes is 1. The highest BCUT2D eigenvalue weighted by Gasteiger charge is 1.96. The van der Waals surface area contributed by atoms with E-state index in [1.807, 2.05) is 31.2 Å². The standard InChI is InChI=1S/C11H12O/c1-9-4-3-5-11(8-9)10(2)6-7-12/h3-5,7-8H,2,6H2,1H3. The summed E-state index contributed by atoms with van der Waals surface area (Å²) in [7, 11) is 0. The van der Waals surface area contributed by atoms with Crippen LogP contribution in [0.3, 0.4) is 0 Å². The zero-order valence-electron chi connectivity index (χ0n) is 7.21. The third-order valence-corrected chi connectivity index (χ3v) is 1.76. The summed E-state index contributed by atoms with van der Waals surface area (Å²) in [4.78, 5) is 10.2. The van der Waals surface area contributed by atoms with Crippen LogP contribution in [-0.2, 0) is 4.79 Å². The first-order valence-electron chi connectivity index (χ1n) is 3.92. The van der Waals surface area contributed by atoms with E-state index in [9.17, 15) is 4.79 Å². The lowest BCUT2D eigenvalue weighted by Gasteiger charge is -2.01. The van der Waals surface area contributed by atoms with Crippen molar-refractivity contribution in [2.45, 2.75) is 13.3 Å². The predicted octanol–water partition coefficient (Wildman–Crippen LogP) is 2.60. The number of rotatable bonds is 3. The Bertz CT molecular complexity index is 300. The third-order valence-electron chi connectivity index (χ3n) is 1.76. The lowest BCUT2D eigenvalue weighted by molar-refractivity contribution is -0.107. The van der Waals surface area contributed by atoms with E-state index in [1.165, 1.54) is 5.56 Å². The van der Waals surface area contributed by atoms with Gasteiger partial charge in [0.1, 0.15) is 6.29 Å². The summed E-state index contributed by atoms with van der Waals surface area (Å²) in [6.07, 6.45) is 1.30. The van der Waals surface area contributed by atoms with Gasteiger partial charge in [-0.05, 0) is 18.1 Å². The quantitative estimate of drug-likeness (QED) is 0.621. The van der Waals surface area contributed by atoms with Gasteiger partial charge in [-0.3, -0.25) is 0 Å². The molecule has 62 valence electrons. The largest absolute Gasteiger partial charge is 0.303 e. The molecule has 0 heterocycles. The van der Waals surface area contributed by atoms with Gasteiger partial charge in [0, 0.05) is 6.42 Å². The molecular formula is C11H12O. The van der Waals surface area contributed by atoms with E-state index >= 15 is 0 Å². The fraction of sp³-hybridized carbons (Fsp3) is 0.182. The molecule has 0 N–H and O–H groups in total. The van der Waals surface area contributed by atoms with Gasteiger partial charge < -0.3 is 4.79 Å². The Morgan fingerprint density at radius 1 is 1.58 bits per heavy atom. The zero-order valence-corrected chi connectivity index (χ0v) is 7.21. The molecule has 0 amide bonds. The van der Waals surface area contributed by atoms with Gasteiger partial charge in [0.2, 0.25) is 0 Å². The first-order chi connectivity index (χ1) is 5.74. The minimum absolute atomic E-state index is 0.420. The van der Waals surface area contributed by atoms with Crippen LogP contribution < -0.4 is 0 Å². The number of carbonyl (C=O) groups is 1. The van der Waals surface area contributed by atoms with Crippen LogP contribution in [0.1, 0.15) is 17.5 Å². The summed E-state index contributed by atoms with van der Waals surface area (Å²) in [5.41, 5.74) is 3.13. The second kappa shape index (κ2) is 3.86. The predicted molar refractivity (Wildman–Crippen MR) is 50.9 cm³/mol. The molecule has 1 nitrogen and oxygen atoms in total. The Kier molecular flexibility index (Phi) is 2.81. The first-order valence-corrected chi connectivity index (χ1v) is 3.92. The molecule has 0 atom stereocenters. The van der Waals surface area contributed by atoms with Crippen molar-refractivity contribution in [3.8, 4) is 0 Å². The summed E-state index contributed by atoms with van der Waals surface area (Å²) in [6.45, 7) is 5.85. The SMILES string of the molecule is C=C(CC=O)c1cccc(C)c1. The molecule has 1 aromatic rings. The van der Waals surface area contributed by atoms with Crippen molar-refractivity contribution >= 4 is 11.9 Å². The second-order valence-electron chi connectivity index (χ2n) is 2.84. The van der Waals surface area contributed by atoms with Crippen LogP contribution in [0.25, 0.3) is 5.57 Å². The highest BCUT2D eigenvalue weighted by Crippen LogP contribution is 2.15. The fourth-order valence-corrected chi connectivity index (χ4v) is 1.08. The van der Waals surface area contributed by atoms with E-state index in [1.54, 1.807) is 0 Å². The summed E-state index contributed by atoms with van der Waals surface area (Å²) >= 11 is 0. The number of hydrogen-bond acceptors (Lipinski definition) is 1. The molecule has 0 fully saturated rings. The molecule has 0 aliphatic heterocycles. The first kappa shape index (κ1) is 8.72. The smallest absolute Gasteiger partial charge is 0.124 e. The minimum atomic E-state index is 0.420. The van der Waals surface area contributed by atoms with Gasteiger partial charge in [-0.15, -0.1) is 0 Å². The average molecular weight is 160 g/mol. The van der Waals surface area contributed by atoms with Gasteiger partial charge in [0.05, 0.1) is 0 Å². The van der Waals surface area contributed by atoms with Crippen molar-refractivity contribution in [3.63, 3.8) is 0 Å². The molecule has 0 aromatic heterocycles. The molecular weight excluding hydrogens is 148 g/mol. The average Bonchev–Trinajstić information content (AvgIpc) is 2.05. The molecule has 0 spiro atoms. The highest BCUT2D eigenvalue weighted by molar-refractivity contribution is 5.75. The minimum Gasteiger partial charge on any atom is -0.303 e. The topological polar surface area (TPSA) is 17.1 Å². The van der Waals surface area contributed by atoms with E-state index in [-0.39, 0.29) is 0 Å². The van der Waals surface area contributed by atoms with Crippen LogP contribution in [0.2, 0.25) is 0 Å². The molecule has 0 saturated heterocycles. The Labute approximate surface area is 72.7 Å². The van der Waals surface area contributed by atoms with Crippen LogP contribution in [0.5, 0.6) is 0 Å². The third kappa shape index (κ3) is 2.06. The Morgan fingerprint density at radius 3 is 2.92 bits per heavy atom. The fourth-order valence-electron chi connectivity index (χ4n) is 1.08. The van der Waals surface area contributed by atoms with Gasteiger partial charge in [-0.1, -0.05) is 36.4 Å². The molecule has 0 aliphatic rings. The second-order valence-corrected chi connectivity index (χ2v) is 2.84. The van der Waals surface area contributed by atoms with Crippen molar-refractivity contribution < 1.29 is 4.79 Å². The maximum atomic E-state index is 10.2. The number of hydrogen-bond donors (Lipinski definition) is 0. The van der Waals surface area contributed by atoms with Gasteiger partial charge in [-0.25, -0.2) is 0 Å². The van der Waals surface area contributed by atoms with Crippen molar-refractivity contribution in [2.75, 3.05) is 0 Å². The molecule has 0 bridgehead atoms. The highest BCUT2D eigenvalue weighted by atomic mass is 16.1.